The van der Waals surface area contributed by atoms with Gasteiger partial charge >= 0.3 is 0 Å². The molecule has 1 fully saturated rings. The molecule has 6 nitrogen and oxygen atoms in total. The van der Waals surface area contributed by atoms with Gasteiger partial charge in [0.05, 0.1) is 30.8 Å². The number of hydrogen-bond acceptors (Lipinski definition) is 5. The molecule has 1 aliphatic heterocycles. The van der Waals surface area contributed by atoms with Crippen molar-refractivity contribution < 1.29 is 9.84 Å². The summed E-state index contributed by atoms with van der Waals surface area (Å²) < 4.78 is 9.38. The van der Waals surface area contributed by atoms with Crippen molar-refractivity contribution >= 4 is 34.8 Å². The summed E-state index contributed by atoms with van der Waals surface area (Å²) in [7, 11) is 0. The summed E-state index contributed by atoms with van der Waals surface area (Å²) in [6.45, 7) is 5.53. The first-order chi connectivity index (χ1) is 12.7. The summed E-state index contributed by atoms with van der Waals surface area (Å²) in [5.41, 5.74) is 2.48. The van der Waals surface area contributed by atoms with Crippen LogP contribution in [0.3, 0.4) is 0 Å². The maximum atomic E-state index is 10.6. The minimum absolute atomic E-state index is 0. The van der Waals surface area contributed by atoms with Crippen LogP contribution in [0.25, 0.3) is 11.0 Å². The van der Waals surface area contributed by atoms with E-state index in [9.17, 15) is 5.11 Å². The fourth-order valence-corrected chi connectivity index (χ4v) is 4.22. The number of aliphatic hydroxyl groups excluding tert-OH is 1. The molecule has 1 aliphatic rings. The number of nitrogens with one attached hydrogen (secondary N) is 1. The molecule has 3 heterocycles. The number of ether oxygens (including phenoxy) is 1. The van der Waals surface area contributed by atoms with Crippen LogP contribution >= 0.6 is 23.7 Å². The Morgan fingerprint density at radius 2 is 1.74 bits per heavy atom. The smallest absolute Gasteiger partial charge is 0.203 e. The molecule has 0 amide bonds. The molecule has 0 radical (unpaired) electrons. The molecule has 0 aliphatic carbocycles. The SMILES string of the molecule is Cl.N=c1n(CCN2CCOCC2)c2ccccc2n1CC(O)c1cccs1. The van der Waals surface area contributed by atoms with Gasteiger partial charge in [-0.15, -0.1) is 23.7 Å². The van der Waals surface area contributed by atoms with Crippen LogP contribution in [0.1, 0.15) is 11.0 Å². The molecule has 3 aromatic rings. The number of benzene rings is 1. The Balaban J connectivity index is 0.00000210. The van der Waals surface area contributed by atoms with E-state index in [-0.39, 0.29) is 12.4 Å². The standard InChI is InChI=1S/C19H24N4O2S.ClH/c20-19-22(8-7-21-9-11-25-12-10-21)15-4-1-2-5-16(15)23(19)14-17(24)18-6-3-13-26-18;/h1-6,13,17,20,24H,7-12,14H2;1H. The number of rotatable bonds is 6. The average Bonchev–Trinajstić information content (AvgIpc) is 3.29. The number of halogens is 1. The highest BCUT2D eigenvalue weighted by molar-refractivity contribution is 7.10. The lowest BCUT2D eigenvalue weighted by atomic mass is 10.2. The molecule has 1 unspecified atom stereocenters. The fraction of sp³-hybridized carbons (Fsp3) is 0.421. The first-order valence-corrected chi connectivity index (χ1v) is 9.86. The lowest BCUT2D eigenvalue weighted by Gasteiger charge is -2.26. The number of nitrogens with zero attached hydrogens (tertiary/aromatic N) is 3. The third kappa shape index (κ3) is 4.28. The summed E-state index contributed by atoms with van der Waals surface area (Å²) in [5, 5.41) is 21.2. The Morgan fingerprint density at radius 3 is 2.41 bits per heavy atom. The number of imidazole rings is 1. The molecule has 1 atom stereocenters. The molecule has 0 saturated carbocycles. The first kappa shape index (κ1) is 20.1. The van der Waals surface area contributed by atoms with Crippen molar-refractivity contribution in [1.29, 1.82) is 5.41 Å². The quantitative estimate of drug-likeness (QED) is 0.658. The molecule has 1 saturated heterocycles. The van der Waals surface area contributed by atoms with Crippen molar-refractivity contribution in [2.45, 2.75) is 19.2 Å². The van der Waals surface area contributed by atoms with Crippen LogP contribution in [0.5, 0.6) is 0 Å². The molecule has 2 aromatic heterocycles. The molecule has 8 heteroatoms. The van der Waals surface area contributed by atoms with E-state index in [1.165, 1.54) is 0 Å². The van der Waals surface area contributed by atoms with Crippen LogP contribution < -0.4 is 5.62 Å². The number of hydrogen-bond donors (Lipinski definition) is 2. The maximum absolute atomic E-state index is 10.6. The van der Waals surface area contributed by atoms with Gasteiger partial charge in [-0.25, -0.2) is 0 Å². The number of morpholine rings is 1. The maximum Gasteiger partial charge on any atom is 0.203 e. The zero-order valence-electron chi connectivity index (χ0n) is 15.1. The number of aromatic nitrogens is 2. The summed E-state index contributed by atoms with van der Waals surface area (Å²) in [4.78, 5) is 3.31. The van der Waals surface area contributed by atoms with E-state index >= 15 is 0 Å². The Labute approximate surface area is 168 Å². The third-order valence-corrected chi connectivity index (χ3v) is 5.92. The minimum atomic E-state index is -0.595. The molecule has 1 aromatic carbocycles. The lowest BCUT2D eigenvalue weighted by molar-refractivity contribution is 0.0363. The second-order valence-electron chi connectivity index (χ2n) is 6.56. The second kappa shape index (κ2) is 9.03. The van der Waals surface area contributed by atoms with Crippen molar-refractivity contribution in [3.05, 3.63) is 52.3 Å². The van der Waals surface area contributed by atoms with Gasteiger partial charge in [0.2, 0.25) is 5.62 Å². The highest BCUT2D eigenvalue weighted by atomic mass is 35.5. The zero-order valence-corrected chi connectivity index (χ0v) is 16.7. The normalized spacial score (nSPS) is 16.3. The summed E-state index contributed by atoms with van der Waals surface area (Å²) in [5.74, 6) is 0. The lowest BCUT2D eigenvalue weighted by Crippen LogP contribution is -2.39. The van der Waals surface area contributed by atoms with E-state index in [1.54, 1.807) is 11.3 Å². The van der Waals surface area contributed by atoms with Crippen LogP contribution in [0.15, 0.2) is 41.8 Å². The van der Waals surface area contributed by atoms with E-state index in [4.69, 9.17) is 10.1 Å². The van der Waals surface area contributed by atoms with Gasteiger partial charge in [-0.2, -0.15) is 0 Å². The van der Waals surface area contributed by atoms with E-state index in [1.807, 2.05) is 44.8 Å². The van der Waals surface area contributed by atoms with Gasteiger partial charge in [0.25, 0.3) is 0 Å². The highest BCUT2D eigenvalue weighted by Crippen LogP contribution is 2.22. The van der Waals surface area contributed by atoms with E-state index in [0.29, 0.717) is 12.2 Å². The van der Waals surface area contributed by atoms with Gasteiger partial charge in [-0.1, -0.05) is 18.2 Å². The van der Waals surface area contributed by atoms with Gasteiger partial charge in [-0.3, -0.25) is 10.3 Å². The van der Waals surface area contributed by atoms with Gasteiger partial charge in [0.15, 0.2) is 0 Å². The predicted molar refractivity (Wildman–Crippen MR) is 110 cm³/mol. The number of fused-ring (bicyclic) bond motifs is 1. The van der Waals surface area contributed by atoms with Gasteiger partial charge < -0.3 is 19.0 Å². The second-order valence-corrected chi connectivity index (χ2v) is 7.54. The fourth-order valence-electron chi connectivity index (χ4n) is 3.52. The van der Waals surface area contributed by atoms with Crippen molar-refractivity contribution in [1.82, 2.24) is 14.0 Å². The van der Waals surface area contributed by atoms with E-state index in [2.05, 4.69) is 11.0 Å². The van der Waals surface area contributed by atoms with Crippen LogP contribution in [0.4, 0.5) is 0 Å². The largest absolute Gasteiger partial charge is 0.386 e. The molecule has 0 bridgehead atoms. The van der Waals surface area contributed by atoms with Crippen LogP contribution in [0.2, 0.25) is 0 Å². The van der Waals surface area contributed by atoms with Crippen molar-refractivity contribution in [3.8, 4) is 0 Å². The Kier molecular flexibility index (Phi) is 6.73. The molecule has 27 heavy (non-hydrogen) atoms. The number of aliphatic hydroxyl groups is 1. The number of thiophene rings is 1. The van der Waals surface area contributed by atoms with Crippen molar-refractivity contribution in [2.75, 3.05) is 32.8 Å². The van der Waals surface area contributed by atoms with E-state index < -0.39 is 6.10 Å². The van der Waals surface area contributed by atoms with Crippen LogP contribution in [-0.2, 0) is 17.8 Å². The predicted octanol–water partition coefficient (Wildman–Crippen LogP) is 2.47. The molecule has 2 N–H and O–H groups in total. The molecular formula is C19H25ClN4O2S. The number of para-hydroxylation sites is 2. The first-order valence-electron chi connectivity index (χ1n) is 8.98. The topological polar surface area (TPSA) is 66.4 Å². The molecular weight excluding hydrogens is 384 g/mol. The molecule has 0 spiro atoms. The van der Waals surface area contributed by atoms with Crippen LogP contribution in [0, 0.1) is 5.41 Å². The van der Waals surface area contributed by atoms with Gasteiger partial charge in [0, 0.05) is 31.1 Å². The molecule has 4 rings (SSSR count). The van der Waals surface area contributed by atoms with Crippen LogP contribution in [-0.4, -0.2) is 52.0 Å². The average molecular weight is 409 g/mol. The third-order valence-electron chi connectivity index (χ3n) is 4.95. The Hall–Kier alpha value is -1.64. The Bertz CT molecular complexity index is 916. The van der Waals surface area contributed by atoms with Gasteiger partial charge in [0.1, 0.15) is 6.10 Å². The zero-order chi connectivity index (χ0) is 17.9. The molecule has 146 valence electrons. The van der Waals surface area contributed by atoms with Crippen molar-refractivity contribution in [2.24, 2.45) is 0 Å². The van der Waals surface area contributed by atoms with E-state index in [0.717, 1.165) is 55.3 Å². The summed E-state index contributed by atoms with van der Waals surface area (Å²) in [6, 6.07) is 12.0. The Morgan fingerprint density at radius 1 is 1.04 bits per heavy atom. The van der Waals surface area contributed by atoms with Crippen molar-refractivity contribution in [3.63, 3.8) is 0 Å². The minimum Gasteiger partial charge on any atom is -0.386 e. The van der Waals surface area contributed by atoms with Gasteiger partial charge in [-0.05, 0) is 23.6 Å². The monoisotopic (exact) mass is 408 g/mol. The summed E-state index contributed by atoms with van der Waals surface area (Å²) >= 11 is 1.55. The highest BCUT2D eigenvalue weighted by Gasteiger charge is 2.17. The summed E-state index contributed by atoms with van der Waals surface area (Å²) in [6.07, 6.45) is -0.595.